The Labute approximate surface area is 111 Å². The van der Waals surface area contributed by atoms with Crippen LogP contribution in [0.1, 0.15) is 19.2 Å². The zero-order valence-electron chi connectivity index (χ0n) is 11.1. The lowest BCUT2D eigenvalue weighted by Gasteiger charge is -2.17. The number of ether oxygens (including phenoxy) is 1. The van der Waals surface area contributed by atoms with Gasteiger partial charge in [0.2, 0.25) is 0 Å². The van der Waals surface area contributed by atoms with Crippen molar-refractivity contribution >= 4 is 5.69 Å². The van der Waals surface area contributed by atoms with Gasteiger partial charge in [-0.25, -0.2) is 0 Å². The number of rotatable bonds is 3. The maximum absolute atomic E-state index is 5.56. The van der Waals surface area contributed by atoms with Gasteiger partial charge in [-0.2, -0.15) is 4.68 Å². The highest BCUT2D eigenvalue weighted by Gasteiger charge is 2.23. The van der Waals surface area contributed by atoms with E-state index in [4.69, 9.17) is 4.74 Å². The van der Waals surface area contributed by atoms with E-state index in [0.717, 1.165) is 30.2 Å². The van der Waals surface area contributed by atoms with Crippen LogP contribution in [0.25, 0.3) is 5.69 Å². The molecular weight excluding hydrogens is 242 g/mol. The minimum Gasteiger partial charge on any atom is -0.380 e. The average molecular weight is 259 g/mol. The van der Waals surface area contributed by atoms with E-state index >= 15 is 0 Å². The summed E-state index contributed by atoms with van der Waals surface area (Å²) in [7, 11) is 0. The van der Waals surface area contributed by atoms with Crippen LogP contribution in [0, 0.1) is 6.92 Å². The first kappa shape index (κ1) is 12.1. The van der Waals surface area contributed by atoms with Gasteiger partial charge in [-0.1, -0.05) is 6.07 Å². The maximum atomic E-state index is 5.56. The molecule has 1 N–H and O–H groups in total. The number of hydrogen-bond acceptors (Lipinski definition) is 5. The van der Waals surface area contributed by atoms with Crippen molar-refractivity contribution in [1.82, 2.24) is 20.2 Å². The number of benzene rings is 1. The molecule has 100 valence electrons. The van der Waals surface area contributed by atoms with Gasteiger partial charge in [-0.3, -0.25) is 0 Å². The Bertz CT molecular complexity index is 568. The van der Waals surface area contributed by atoms with Crippen LogP contribution in [0.5, 0.6) is 0 Å². The van der Waals surface area contributed by atoms with Crippen LogP contribution in [0.3, 0.4) is 0 Å². The van der Waals surface area contributed by atoms with E-state index in [0.29, 0.717) is 6.04 Å². The first-order chi connectivity index (χ1) is 9.24. The van der Waals surface area contributed by atoms with Crippen LogP contribution in [0.2, 0.25) is 0 Å². The predicted molar refractivity (Wildman–Crippen MR) is 71.3 cm³/mol. The van der Waals surface area contributed by atoms with Crippen molar-refractivity contribution < 1.29 is 4.74 Å². The van der Waals surface area contributed by atoms with E-state index in [1.54, 1.807) is 4.68 Å². The lowest BCUT2D eigenvalue weighted by molar-refractivity contribution is 0.121. The summed E-state index contributed by atoms with van der Waals surface area (Å²) in [5.41, 5.74) is 2.02. The summed E-state index contributed by atoms with van der Waals surface area (Å²) in [6.45, 7) is 4.80. The highest BCUT2D eigenvalue weighted by molar-refractivity contribution is 5.51. The Morgan fingerprint density at radius 3 is 3.00 bits per heavy atom. The number of anilines is 1. The molecule has 1 aromatic heterocycles. The molecule has 1 fully saturated rings. The van der Waals surface area contributed by atoms with E-state index in [1.165, 1.54) is 0 Å². The molecule has 6 nitrogen and oxygen atoms in total. The highest BCUT2D eigenvalue weighted by atomic mass is 16.5. The van der Waals surface area contributed by atoms with Crippen LogP contribution in [-0.4, -0.2) is 39.0 Å². The summed E-state index contributed by atoms with van der Waals surface area (Å²) >= 11 is 0. The second-order valence-electron chi connectivity index (χ2n) is 4.80. The number of tetrazole rings is 1. The third-order valence-corrected chi connectivity index (χ3v) is 3.44. The summed E-state index contributed by atoms with van der Waals surface area (Å²) in [6, 6.07) is 8.45. The molecule has 0 radical (unpaired) electrons. The fourth-order valence-corrected chi connectivity index (χ4v) is 2.33. The SMILES string of the molecule is Cc1nnnn1-c1cccc(NC2CCOC2C)c1. The molecule has 2 unspecified atom stereocenters. The summed E-state index contributed by atoms with van der Waals surface area (Å²) in [5, 5.41) is 15.0. The first-order valence-electron chi connectivity index (χ1n) is 6.47. The van der Waals surface area contributed by atoms with E-state index < -0.39 is 0 Å². The molecule has 1 aliphatic heterocycles. The molecule has 0 saturated carbocycles. The fourth-order valence-electron chi connectivity index (χ4n) is 2.33. The fraction of sp³-hybridized carbons (Fsp3) is 0.462. The minimum absolute atomic E-state index is 0.249. The minimum atomic E-state index is 0.249. The summed E-state index contributed by atoms with van der Waals surface area (Å²) < 4.78 is 7.28. The molecule has 0 bridgehead atoms. The summed E-state index contributed by atoms with van der Waals surface area (Å²) in [6.07, 6.45) is 1.29. The van der Waals surface area contributed by atoms with Crippen molar-refractivity contribution in [2.24, 2.45) is 0 Å². The molecule has 19 heavy (non-hydrogen) atoms. The van der Waals surface area contributed by atoms with E-state index in [2.05, 4.69) is 33.8 Å². The van der Waals surface area contributed by atoms with Gasteiger partial charge in [0.25, 0.3) is 0 Å². The van der Waals surface area contributed by atoms with Crippen LogP contribution in [0.15, 0.2) is 24.3 Å². The average Bonchev–Trinajstić information content (AvgIpc) is 3.00. The van der Waals surface area contributed by atoms with Crippen molar-refractivity contribution in [2.75, 3.05) is 11.9 Å². The van der Waals surface area contributed by atoms with Crippen LogP contribution in [-0.2, 0) is 4.74 Å². The molecule has 1 saturated heterocycles. The van der Waals surface area contributed by atoms with Crippen LogP contribution in [0.4, 0.5) is 5.69 Å². The second-order valence-corrected chi connectivity index (χ2v) is 4.80. The standard InChI is InChI=1S/C13H17N5O/c1-9-13(6-7-19-9)14-11-4-3-5-12(8-11)18-10(2)15-16-17-18/h3-5,8-9,13-14H,6-7H2,1-2H3. The van der Waals surface area contributed by atoms with Crippen LogP contribution >= 0.6 is 0 Å². The Kier molecular flexibility index (Phi) is 3.16. The molecule has 0 aliphatic carbocycles. The van der Waals surface area contributed by atoms with Crippen molar-refractivity contribution in [3.05, 3.63) is 30.1 Å². The van der Waals surface area contributed by atoms with Crippen molar-refractivity contribution in [3.63, 3.8) is 0 Å². The van der Waals surface area contributed by atoms with Gasteiger partial charge in [0.1, 0.15) is 0 Å². The van der Waals surface area contributed by atoms with Gasteiger partial charge in [0.15, 0.2) is 5.82 Å². The molecule has 1 aromatic carbocycles. The van der Waals surface area contributed by atoms with Gasteiger partial charge in [0, 0.05) is 12.3 Å². The van der Waals surface area contributed by atoms with Crippen molar-refractivity contribution in [3.8, 4) is 5.69 Å². The number of nitrogens with zero attached hydrogens (tertiary/aromatic N) is 4. The molecule has 2 aromatic rings. The van der Waals surface area contributed by atoms with Gasteiger partial charge in [0.05, 0.1) is 17.8 Å². The predicted octanol–water partition coefficient (Wildman–Crippen LogP) is 1.56. The normalized spacial score (nSPS) is 22.6. The lowest BCUT2D eigenvalue weighted by atomic mass is 10.1. The van der Waals surface area contributed by atoms with Crippen LogP contribution < -0.4 is 5.32 Å². The van der Waals surface area contributed by atoms with Gasteiger partial charge >= 0.3 is 0 Å². The zero-order valence-corrected chi connectivity index (χ0v) is 11.1. The summed E-state index contributed by atoms with van der Waals surface area (Å²) in [4.78, 5) is 0. The number of aryl methyl sites for hydroxylation is 1. The molecule has 6 heteroatoms. The molecule has 3 rings (SSSR count). The third kappa shape index (κ3) is 2.44. The number of nitrogens with one attached hydrogen (secondary N) is 1. The monoisotopic (exact) mass is 259 g/mol. The molecule has 2 heterocycles. The maximum Gasteiger partial charge on any atom is 0.153 e. The van der Waals surface area contributed by atoms with E-state index in [9.17, 15) is 0 Å². The zero-order chi connectivity index (χ0) is 13.2. The Hall–Kier alpha value is -1.95. The Morgan fingerprint density at radius 2 is 2.32 bits per heavy atom. The smallest absolute Gasteiger partial charge is 0.153 e. The quantitative estimate of drug-likeness (QED) is 0.906. The second kappa shape index (κ2) is 4.97. The third-order valence-electron chi connectivity index (χ3n) is 3.44. The Balaban J connectivity index is 1.82. The van der Waals surface area contributed by atoms with Gasteiger partial charge < -0.3 is 10.1 Å². The van der Waals surface area contributed by atoms with Gasteiger partial charge in [-0.05, 0) is 48.9 Å². The molecule has 0 spiro atoms. The first-order valence-corrected chi connectivity index (χ1v) is 6.47. The summed E-state index contributed by atoms with van der Waals surface area (Å²) in [5.74, 6) is 0.773. The topological polar surface area (TPSA) is 64.9 Å². The molecule has 2 atom stereocenters. The highest BCUT2D eigenvalue weighted by Crippen LogP contribution is 2.20. The number of aromatic nitrogens is 4. The largest absolute Gasteiger partial charge is 0.380 e. The molecule has 0 amide bonds. The molecular formula is C13H17N5O. The molecule has 1 aliphatic rings. The van der Waals surface area contributed by atoms with E-state index in [1.807, 2.05) is 25.1 Å². The van der Waals surface area contributed by atoms with Crippen molar-refractivity contribution in [1.29, 1.82) is 0 Å². The van der Waals surface area contributed by atoms with Gasteiger partial charge in [-0.15, -0.1) is 5.10 Å². The number of hydrogen-bond donors (Lipinski definition) is 1. The van der Waals surface area contributed by atoms with Crippen molar-refractivity contribution in [2.45, 2.75) is 32.4 Å². The Morgan fingerprint density at radius 1 is 1.42 bits per heavy atom. The van der Waals surface area contributed by atoms with E-state index in [-0.39, 0.29) is 6.10 Å². The lowest BCUT2D eigenvalue weighted by Crippen LogP contribution is -2.26.